The number of hydrogen-bond donors (Lipinski definition) is 2. The first-order valence-electron chi connectivity index (χ1n) is 7.96. The molecule has 3 heteroatoms. The van der Waals surface area contributed by atoms with Crippen molar-refractivity contribution in [2.45, 2.75) is 38.6 Å². The van der Waals surface area contributed by atoms with Crippen LogP contribution >= 0.6 is 0 Å². The normalized spacial score (nSPS) is 18.0. The van der Waals surface area contributed by atoms with Gasteiger partial charge in [0.1, 0.15) is 0 Å². The molecule has 1 fully saturated rings. The average molecular weight is 284 g/mol. The molecule has 21 heavy (non-hydrogen) atoms. The van der Waals surface area contributed by atoms with Crippen molar-refractivity contribution in [1.82, 2.24) is 10.3 Å². The molecule has 0 bridgehead atoms. The van der Waals surface area contributed by atoms with E-state index in [2.05, 4.69) is 34.6 Å². The zero-order valence-electron chi connectivity index (χ0n) is 12.5. The first kappa shape index (κ1) is 14.5. The monoisotopic (exact) mass is 284 g/mol. The second-order valence-electron chi connectivity index (χ2n) is 6.34. The molecule has 1 aliphatic rings. The molecule has 0 radical (unpaired) electrons. The number of hydrogen-bond acceptors (Lipinski definition) is 3. The molecule has 1 heterocycles. The maximum Gasteiger partial charge on any atom is 0.0499 e. The number of benzene rings is 1. The van der Waals surface area contributed by atoms with E-state index in [1.54, 1.807) is 0 Å². The van der Waals surface area contributed by atoms with Crippen LogP contribution in [-0.2, 0) is 6.54 Å². The van der Waals surface area contributed by atoms with E-state index >= 15 is 0 Å². The van der Waals surface area contributed by atoms with Gasteiger partial charge < -0.3 is 10.4 Å². The Labute approximate surface area is 126 Å². The van der Waals surface area contributed by atoms with E-state index in [9.17, 15) is 5.11 Å². The third-order valence-electron chi connectivity index (χ3n) is 4.84. The van der Waals surface area contributed by atoms with Crippen molar-refractivity contribution in [2.24, 2.45) is 5.41 Å². The SMILES string of the molecule is OCC1(CNCc2cccc3cnccc23)CCCCC1. The summed E-state index contributed by atoms with van der Waals surface area (Å²) in [6.07, 6.45) is 9.88. The van der Waals surface area contributed by atoms with Crippen LogP contribution in [0.5, 0.6) is 0 Å². The van der Waals surface area contributed by atoms with E-state index in [1.807, 2.05) is 12.4 Å². The summed E-state index contributed by atoms with van der Waals surface area (Å²) in [5.74, 6) is 0. The van der Waals surface area contributed by atoms with Crippen LogP contribution in [0, 0.1) is 5.41 Å². The first-order valence-corrected chi connectivity index (χ1v) is 7.96. The van der Waals surface area contributed by atoms with Gasteiger partial charge in [0.25, 0.3) is 0 Å². The van der Waals surface area contributed by atoms with E-state index in [0.29, 0.717) is 6.61 Å². The number of aromatic nitrogens is 1. The van der Waals surface area contributed by atoms with Gasteiger partial charge in [-0.3, -0.25) is 4.98 Å². The Hall–Kier alpha value is -1.45. The Morgan fingerprint density at radius 1 is 1.14 bits per heavy atom. The molecule has 0 aliphatic heterocycles. The number of fused-ring (bicyclic) bond motifs is 1. The fourth-order valence-corrected chi connectivity index (χ4v) is 3.50. The third-order valence-corrected chi connectivity index (χ3v) is 4.84. The lowest BCUT2D eigenvalue weighted by atomic mass is 9.74. The summed E-state index contributed by atoms with van der Waals surface area (Å²) in [5, 5.41) is 15.8. The minimum Gasteiger partial charge on any atom is -0.396 e. The summed E-state index contributed by atoms with van der Waals surface area (Å²) >= 11 is 0. The minimum atomic E-state index is 0.102. The van der Waals surface area contributed by atoms with Gasteiger partial charge >= 0.3 is 0 Å². The highest BCUT2D eigenvalue weighted by Crippen LogP contribution is 2.35. The van der Waals surface area contributed by atoms with Gasteiger partial charge in [-0.1, -0.05) is 37.5 Å². The van der Waals surface area contributed by atoms with Crippen LogP contribution in [0.1, 0.15) is 37.7 Å². The number of rotatable bonds is 5. The Balaban J connectivity index is 1.66. The first-order chi connectivity index (χ1) is 10.3. The summed E-state index contributed by atoms with van der Waals surface area (Å²) in [6.45, 7) is 2.06. The lowest BCUT2D eigenvalue weighted by Crippen LogP contribution is -2.38. The van der Waals surface area contributed by atoms with Gasteiger partial charge in [0.05, 0.1) is 0 Å². The molecule has 0 spiro atoms. The highest BCUT2D eigenvalue weighted by Gasteiger charge is 2.30. The second kappa shape index (κ2) is 6.54. The second-order valence-corrected chi connectivity index (χ2v) is 6.34. The van der Waals surface area contributed by atoms with Crippen LogP contribution < -0.4 is 5.32 Å². The van der Waals surface area contributed by atoms with E-state index in [4.69, 9.17) is 0 Å². The summed E-state index contributed by atoms with van der Waals surface area (Å²) in [4.78, 5) is 4.18. The van der Waals surface area contributed by atoms with Crippen molar-refractivity contribution in [1.29, 1.82) is 0 Å². The van der Waals surface area contributed by atoms with Crippen molar-refractivity contribution in [3.63, 3.8) is 0 Å². The van der Waals surface area contributed by atoms with Crippen molar-refractivity contribution >= 4 is 10.8 Å². The van der Waals surface area contributed by atoms with E-state index in [0.717, 1.165) is 25.9 Å². The molecule has 1 aromatic heterocycles. The van der Waals surface area contributed by atoms with Crippen LogP contribution in [0.25, 0.3) is 10.8 Å². The Kier molecular flexibility index (Phi) is 4.51. The highest BCUT2D eigenvalue weighted by molar-refractivity contribution is 5.84. The molecule has 0 atom stereocenters. The standard InChI is InChI=1S/C18H24N2O/c21-14-18(8-2-1-3-9-18)13-20-12-16-6-4-5-15-11-19-10-7-17(15)16/h4-7,10-11,20-21H,1-3,8-9,12-14H2. The summed E-state index contributed by atoms with van der Waals surface area (Å²) in [6, 6.07) is 8.43. The number of aliphatic hydroxyl groups excluding tert-OH is 1. The number of nitrogens with zero attached hydrogens (tertiary/aromatic N) is 1. The molecule has 1 saturated carbocycles. The topological polar surface area (TPSA) is 45.1 Å². The Bertz CT molecular complexity index is 585. The van der Waals surface area contributed by atoms with E-state index < -0.39 is 0 Å². The number of pyridine rings is 1. The molecule has 0 unspecified atom stereocenters. The largest absolute Gasteiger partial charge is 0.396 e. The molecule has 2 N–H and O–H groups in total. The van der Waals surface area contributed by atoms with Gasteiger partial charge in [-0.05, 0) is 29.9 Å². The van der Waals surface area contributed by atoms with Crippen LogP contribution in [0.4, 0.5) is 0 Å². The minimum absolute atomic E-state index is 0.102. The Morgan fingerprint density at radius 3 is 2.81 bits per heavy atom. The van der Waals surface area contributed by atoms with Crippen LogP contribution in [0.2, 0.25) is 0 Å². The Morgan fingerprint density at radius 2 is 2.00 bits per heavy atom. The summed E-state index contributed by atoms with van der Waals surface area (Å²) < 4.78 is 0. The van der Waals surface area contributed by atoms with Gasteiger partial charge in [-0.2, -0.15) is 0 Å². The van der Waals surface area contributed by atoms with Crippen molar-refractivity contribution < 1.29 is 5.11 Å². The van der Waals surface area contributed by atoms with E-state index in [-0.39, 0.29) is 5.41 Å². The molecule has 3 rings (SSSR count). The van der Waals surface area contributed by atoms with Gasteiger partial charge in [-0.25, -0.2) is 0 Å². The van der Waals surface area contributed by atoms with Crippen molar-refractivity contribution in [3.05, 3.63) is 42.2 Å². The summed E-state index contributed by atoms with van der Waals surface area (Å²) in [7, 11) is 0. The fourth-order valence-electron chi connectivity index (χ4n) is 3.50. The quantitative estimate of drug-likeness (QED) is 0.885. The number of nitrogens with one attached hydrogen (secondary N) is 1. The van der Waals surface area contributed by atoms with Gasteiger partial charge in [0.2, 0.25) is 0 Å². The molecule has 3 nitrogen and oxygen atoms in total. The zero-order valence-corrected chi connectivity index (χ0v) is 12.5. The van der Waals surface area contributed by atoms with Crippen molar-refractivity contribution in [2.75, 3.05) is 13.2 Å². The molecule has 0 amide bonds. The number of aliphatic hydroxyl groups is 1. The van der Waals surface area contributed by atoms with Crippen LogP contribution in [0.15, 0.2) is 36.7 Å². The maximum absolute atomic E-state index is 9.76. The third kappa shape index (κ3) is 3.25. The van der Waals surface area contributed by atoms with Gasteiger partial charge in [0.15, 0.2) is 0 Å². The fraction of sp³-hybridized carbons (Fsp3) is 0.500. The van der Waals surface area contributed by atoms with Crippen LogP contribution in [-0.4, -0.2) is 23.2 Å². The van der Waals surface area contributed by atoms with Gasteiger partial charge in [0, 0.05) is 42.9 Å². The molecule has 1 aliphatic carbocycles. The van der Waals surface area contributed by atoms with Crippen LogP contribution in [0.3, 0.4) is 0 Å². The molecule has 1 aromatic carbocycles. The molecule has 2 aromatic rings. The lowest BCUT2D eigenvalue weighted by molar-refractivity contribution is 0.0811. The zero-order chi connectivity index (χ0) is 14.5. The lowest BCUT2D eigenvalue weighted by Gasteiger charge is -2.35. The molecular formula is C18H24N2O. The van der Waals surface area contributed by atoms with Crippen molar-refractivity contribution in [3.8, 4) is 0 Å². The molecular weight excluding hydrogens is 260 g/mol. The molecule has 112 valence electrons. The van der Waals surface area contributed by atoms with E-state index in [1.165, 1.54) is 35.6 Å². The predicted molar refractivity (Wildman–Crippen MR) is 86.1 cm³/mol. The summed E-state index contributed by atoms with van der Waals surface area (Å²) in [5.41, 5.74) is 1.41. The molecule has 0 saturated heterocycles. The smallest absolute Gasteiger partial charge is 0.0499 e. The average Bonchev–Trinajstić information content (AvgIpc) is 2.56. The maximum atomic E-state index is 9.76. The predicted octanol–water partition coefficient (Wildman–Crippen LogP) is 3.27. The van der Waals surface area contributed by atoms with Gasteiger partial charge in [-0.15, -0.1) is 0 Å². The highest BCUT2D eigenvalue weighted by atomic mass is 16.3.